The molecular formula is C17H19N5O3S2. The number of fused-ring (bicyclic) bond motifs is 1. The molecule has 142 valence electrons. The maximum absolute atomic E-state index is 12.6. The van der Waals surface area contributed by atoms with Gasteiger partial charge in [0.1, 0.15) is 11.6 Å². The van der Waals surface area contributed by atoms with Crippen LogP contribution < -0.4 is 21.3 Å². The normalized spacial score (nSPS) is 12.1. The van der Waals surface area contributed by atoms with Gasteiger partial charge in [0.2, 0.25) is 5.91 Å². The van der Waals surface area contributed by atoms with Crippen LogP contribution in [0.1, 0.15) is 20.3 Å². The number of aromatic nitrogens is 3. The number of carbonyl (C=O) groups is 1. The molecule has 0 saturated carbocycles. The number of thiazole rings is 1. The first-order valence-electron chi connectivity index (χ1n) is 8.36. The number of anilines is 2. The third kappa shape index (κ3) is 4.77. The Hall–Kier alpha value is -2.59. The first-order chi connectivity index (χ1) is 13.0. The molecule has 0 unspecified atom stereocenters. The molecule has 0 saturated heterocycles. The number of nitrogen functional groups attached to an aromatic ring is 1. The molecule has 1 aromatic carbocycles. The summed E-state index contributed by atoms with van der Waals surface area (Å²) in [4.78, 5) is 35.2. The van der Waals surface area contributed by atoms with Crippen molar-refractivity contribution in [2.24, 2.45) is 0 Å². The Morgan fingerprint density at radius 2 is 2.19 bits per heavy atom. The Morgan fingerprint density at radius 1 is 1.37 bits per heavy atom. The standard InChI is InChI=1S/C17H19N5O3S2/c1-3-11(26-17-20-13(18)8-14(23)21-17)15(24)22-16-19-10-6-5-9(25-4-2)7-12(10)27-16/h5-8,11H,3-4H2,1-2H3,(H,19,22,24)(H3,18,20,21,23)/t11-/m0/s1. The quantitative estimate of drug-likeness (QED) is 0.408. The van der Waals surface area contributed by atoms with Gasteiger partial charge in [0.25, 0.3) is 5.56 Å². The van der Waals surface area contributed by atoms with Crippen LogP contribution in [0.2, 0.25) is 0 Å². The second-order valence-corrected chi connectivity index (χ2v) is 7.78. The predicted octanol–water partition coefficient (Wildman–Crippen LogP) is 2.87. The fraction of sp³-hybridized carbons (Fsp3) is 0.294. The molecule has 0 aliphatic heterocycles. The van der Waals surface area contributed by atoms with Crippen molar-refractivity contribution in [3.05, 3.63) is 34.6 Å². The van der Waals surface area contributed by atoms with E-state index in [2.05, 4.69) is 20.3 Å². The summed E-state index contributed by atoms with van der Waals surface area (Å²) in [5.74, 6) is 0.676. The van der Waals surface area contributed by atoms with Gasteiger partial charge >= 0.3 is 0 Å². The second-order valence-electron chi connectivity index (χ2n) is 5.56. The van der Waals surface area contributed by atoms with Gasteiger partial charge in [-0.2, -0.15) is 0 Å². The van der Waals surface area contributed by atoms with Crippen LogP contribution in [0.3, 0.4) is 0 Å². The van der Waals surface area contributed by atoms with E-state index in [4.69, 9.17) is 10.5 Å². The highest BCUT2D eigenvalue weighted by Crippen LogP contribution is 2.30. The van der Waals surface area contributed by atoms with Crippen LogP contribution in [-0.2, 0) is 4.79 Å². The van der Waals surface area contributed by atoms with Crippen molar-refractivity contribution in [3.63, 3.8) is 0 Å². The average molecular weight is 406 g/mol. The molecule has 0 aliphatic rings. The molecule has 0 aliphatic carbocycles. The van der Waals surface area contributed by atoms with Crippen LogP contribution in [0.25, 0.3) is 10.2 Å². The summed E-state index contributed by atoms with van der Waals surface area (Å²) < 4.78 is 6.42. The van der Waals surface area contributed by atoms with E-state index in [0.29, 0.717) is 23.3 Å². The van der Waals surface area contributed by atoms with Gasteiger partial charge in [0, 0.05) is 6.07 Å². The molecule has 0 fully saturated rings. The molecule has 0 spiro atoms. The molecule has 3 rings (SSSR count). The third-order valence-corrected chi connectivity index (χ3v) is 5.74. The van der Waals surface area contributed by atoms with E-state index < -0.39 is 5.25 Å². The van der Waals surface area contributed by atoms with E-state index >= 15 is 0 Å². The minimum atomic E-state index is -0.444. The zero-order valence-corrected chi connectivity index (χ0v) is 16.4. The highest BCUT2D eigenvalue weighted by molar-refractivity contribution is 8.00. The van der Waals surface area contributed by atoms with Gasteiger partial charge in [-0.1, -0.05) is 30.0 Å². The van der Waals surface area contributed by atoms with Crippen LogP contribution in [0.15, 0.2) is 34.2 Å². The fourth-order valence-electron chi connectivity index (χ4n) is 2.37. The smallest absolute Gasteiger partial charge is 0.253 e. The number of aromatic amines is 1. The molecule has 27 heavy (non-hydrogen) atoms. The number of H-pyrrole nitrogens is 1. The van der Waals surface area contributed by atoms with E-state index in [1.165, 1.54) is 17.4 Å². The SMILES string of the molecule is CCOc1ccc2nc(NC(=O)[C@H](CC)Sc3nc(N)cc(=O)[nH]3)sc2c1. The van der Waals surface area contributed by atoms with Gasteiger partial charge in [-0.3, -0.25) is 9.59 Å². The summed E-state index contributed by atoms with van der Waals surface area (Å²) in [5.41, 5.74) is 6.03. The van der Waals surface area contributed by atoms with Crippen LogP contribution in [-0.4, -0.2) is 32.7 Å². The van der Waals surface area contributed by atoms with Crippen LogP contribution in [0.5, 0.6) is 5.75 Å². The van der Waals surface area contributed by atoms with E-state index in [1.807, 2.05) is 32.0 Å². The molecule has 1 atom stereocenters. The number of nitrogens with two attached hydrogens (primary N) is 1. The number of thioether (sulfide) groups is 1. The summed E-state index contributed by atoms with van der Waals surface area (Å²) >= 11 is 2.54. The summed E-state index contributed by atoms with van der Waals surface area (Å²) in [6.07, 6.45) is 0.550. The number of hydrogen-bond acceptors (Lipinski definition) is 8. The highest BCUT2D eigenvalue weighted by atomic mass is 32.2. The average Bonchev–Trinajstić information content (AvgIpc) is 3.00. The Balaban J connectivity index is 1.74. The largest absolute Gasteiger partial charge is 0.494 e. The lowest BCUT2D eigenvalue weighted by Crippen LogP contribution is -2.25. The number of rotatable bonds is 7. The highest BCUT2D eigenvalue weighted by Gasteiger charge is 2.21. The monoisotopic (exact) mass is 405 g/mol. The summed E-state index contributed by atoms with van der Waals surface area (Å²) in [6.45, 7) is 4.39. The Kier molecular flexibility index (Phi) is 5.97. The van der Waals surface area contributed by atoms with Crippen molar-refractivity contribution in [1.82, 2.24) is 15.0 Å². The van der Waals surface area contributed by atoms with Crippen LogP contribution in [0.4, 0.5) is 10.9 Å². The summed E-state index contributed by atoms with van der Waals surface area (Å²) in [5, 5.41) is 3.22. The Bertz CT molecular complexity index is 1020. The molecule has 0 radical (unpaired) electrons. The molecule has 0 bridgehead atoms. The second kappa shape index (κ2) is 8.40. The minimum Gasteiger partial charge on any atom is -0.494 e. The van der Waals surface area contributed by atoms with Crippen LogP contribution >= 0.6 is 23.1 Å². The molecule has 2 aromatic heterocycles. The van der Waals surface area contributed by atoms with Crippen molar-refractivity contribution >= 4 is 50.2 Å². The molecule has 4 N–H and O–H groups in total. The van der Waals surface area contributed by atoms with Crippen molar-refractivity contribution in [2.45, 2.75) is 30.7 Å². The summed E-state index contributed by atoms with van der Waals surface area (Å²) in [6, 6.07) is 6.81. The predicted molar refractivity (Wildman–Crippen MR) is 109 cm³/mol. The lowest BCUT2D eigenvalue weighted by molar-refractivity contribution is -0.115. The number of nitrogens with zero attached hydrogens (tertiary/aromatic N) is 2. The number of nitrogens with one attached hydrogen (secondary N) is 2. The van der Waals surface area contributed by atoms with E-state index in [-0.39, 0.29) is 17.3 Å². The molecule has 3 aromatic rings. The number of ether oxygens (including phenoxy) is 1. The fourth-order valence-corrected chi connectivity index (χ4v) is 4.18. The van der Waals surface area contributed by atoms with Crippen LogP contribution in [0, 0.1) is 0 Å². The molecule has 8 nitrogen and oxygen atoms in total. The number of amides is 1. The van der Waals surface area contributed by atoms with E-state index in [0.717, 1.165) is 27.7 Å². The molecule has 2 heterocycles. The number of benzene rings is 1. The zero-order chi connectivity index (χ0) is 19.4. The third-order valence-electron chi connectivity index (χ3n) is 3.56. The molecular weight excluding hydrogens is 386 g/mol. The topological polar surface area (TPSA) is 123 Å². The van der Waals surface area contributed by atoms with Gasteiger partial charge in [-0.25, -0.2) is 9.97 Å². The van der Waals surface area contributed by atoms with Crippen molar-refractivity contribution in [3.8, 4) is 5.75 Å². The number of carbonyl (C=O) groups excluding carboxylic acids is 1. The van der Waals surface area contributed by atoms with Crippen molar-refractivity contribution < 1.29 is 9.53 Å². The van der Waals surface area contributed by atoms with Crippen molar-refractivity contribution in [1.29, 1.82) is 0 Å². The zero-order valence-electron chi connectivity index (χ0n) is 14.8. The van der Waals surface area contributed by atoms with Gasteiger partial charge in [-0.15, -0.1) is 0 Å². The Morgan fingerprint density at radius 3 is 2.89 bits per heavy atom. The van der Waals surface area contributed by atoms with Gasteiger partial charge < -0.3 is 20.8 Å². The molecule has 10 heteroatoms. The van der Waals surface area contributed by atoms with Gasteiger partial charge in [0.15, 0.2) is 10.3 Å². The first kappa shape index (κ1) is 19.2. The van der Waals surface area contributed by atoms with E-state index in [1.54, 1.807) is 0 Å². The maximum Gasteiger partial charge on any atom is 0.253 e. The summed E-state index contributed by atoms with van der Waals surface area (Å²) in [7, 11) is 0. The Labute approximate surface area is 163 Å². The van der Waals surface area contributed by atoms with Gasteiger partial charge in [0.05, 0.1) is 22.1 Å². The first-order valence-corrected chi connectivity index (χ1v) is 10.1. The lowest BCUT2D eigenvalue weighted by atomic mass is 10.3. The minimum absolute atomic E-state index is 0.118. The maximum atomic E-state index is 12.6. The van der Waals surface area contributed by atoms with E-state index in [9.17, 15) is 9.59 Å². The number of hydrogen-bond donors (Lipinski definition) is 3. The van der Waals surface area contributed by atoms with Crippen molar-refractivity contribution in [2.75, 3.05) is 17.7 Å². The molecule has 1 amide bonds. The van der Waals surface area contributed by atoms with Gasteiger partial charge in [-0.05, 0) is 31.5 Å². The lowest BCUT2D eigenvalue weighted by Gasteiger charge is -2.12.